The zero-order valence-electron chi connectivity index (χ0n) is 11.4. The molecule has 0 N–H and O–H groups in total. The molecular formula is C14H23NO3. The van der Waals surface area contributed by atoms with Crippen molar-refractivity contribution in [3.05, 3.63) is 0 Å². The molecule has 0 spiro atoms. The average Bonchev–Trinajstić information content (AvgIpc) is 3.23. The van der Waals surface area contributed by atoms with Crippen LogP contribution in [0.15, 0.2) is 0 Å². The van der Waals surface area contributed by atoms with Crippen molar-refractivity contribution in [2.24, 2.45) is 5.92 Å². The molecule has 0 bridgehead atoms. The first-order valence-electron chi connectivity index (χ1n) is 7.05. The van der Waals surface area contributed by atoms with Gasteiger partial charge in [-0.05, 0) is 32.6 Å². The molecule has 2 aliphatic rings. The molecule has 0 aromatic rings. The fourth-order valence-electron chi connectivity index (χ4n) is 2.88. The molecule has 102 valence electrons. The second kappa shape index (κ2) is 5.72. The largest absolute Gasteiger partial charge is 0.467 e. The van der Waals surface area contributed by atoms with Gasteiger partial charge in [-0.25, -0.2) is 4.79 Å². The van der Waals surface area contributed by atoms with Gasteiger partial charge in [0, 0.05) is 12.0 Å². The van der Waals surface area contributed by atoms with Crippen LogP contribution in [0.2, 0.25) is 0 Å². The van der Waals surface area contributed by atoms with E-state index in [1.54, 1.807) is 11.8 Å². The fourth-order valence-corrected chi connectivity index (χ4v) is 2.88. The summed E-state index contributed by atoms with van der Waals surface area (Å²) in [5.41, 5.74) is 0. The van der Waals surface area contributed by atoms with Crippen LogP contribution in [-0.4, -0.2) is 36.0 Å². The first-order valence-corrected chi connectivity index (χ1v) is 7.05. The van der Waals surface area contributed by atoms with E-state index in [0.29, 0.717) is 0 Å². The van der Waals surface area contributed by atoms with Crippen molar-refractivity contribution in [2.75, 3.05) is 7.11 Å². The summed E-state index contributed by atoms with van der Waals surface area (Å²) in [4.78, 5) is 26.0. The summed E-state index contributed by atoms with van der Waals surface area (Å²) < 4.78 is 4.78. The zero-order chi connectivity index (χ0) is 13.1. The van der Waals surface area contributed by atoms with Crippen LogP contribution in [0.5, 0.6) is 0 Å². The van der Waals surface area contributed by atoms with Gasteiger partial charge in [-0.15, -0.1) is 0 Å². The lowest BCUT2D eigenvalue weighted by Crippen LogP contribution is -2.48. The van der Waals surface area contributed by atoms with E-state index in [9.17, 15) is 9.59 Å². The summed E-state index contributed by atoms with van der Waals surface area (Å²) in [6, 6.07) is -0.162. The summed E-state index contributed by atoms with van der Waals surface area (Å²) in [6.45, 7) is 1.78. The quantitative estimate of drug-likeness (QED) is 0.721. The Kier molecular flexibility index (Phi) is 4.25. The van der Waals surface area contributed by atoms with E-state index in [4.69, 9.17) is 4.74 Å². The van der Waals surface area contributed by atoms with Crippen LogP contribution in [0.25, 0.3) is 0 Å². The van der Waals surface area contributed by atoms with Crippen LogP contribution in [0.4, 0.5) is 0 Å². The number of carbonyl (C=O) groups excluding carboxylic acids is 2. The van der Waals surface area contributed by atoms with Crippen molar-refractivity contribution in [3.8, 4) is 0 Å². The average molecular weight is 253 g/mol. The Morgan fingerprint density at radius 1 is 1.11 bits per heavy atom. The molecule has 0 aliphatic heterocycles. The van der Waals surface area contributed by atoms with E-state index < -0.39 is 6.04 Å². The van der Waals surface area contributed by atoms with Crippen LogP contribution >= 0.6 is 0 Å². The van der Waals surface area contributed by atoms with Gasteiger partial charge in [-0.1, -0.05) is 19.3 Å². The predicted octanol–water partition coefficient (Wildman–Crippen LogP) is 2.12. The van der Waals surface area contributed by atoms with E-state index in [2.05, 4.69) is 0 Å². The molecule has 1 atom stereocenters. The van der Waals surface area contributed by atoms with E-state index in [1.165, 1.54) is 13.5 Å². The third kappa shape index (κ3) is 2.85. The number of methoxy groups -OCH3 is 1. The summed E-state index contributed by atoms with van der Waals surface area (Å²) in [5.74, 6) is 0.00705. The first kappa shape index (κ1) is 13.4. The second-order valence-corrected chi connectivity index (χ2v) is 5.51. The molecule has 0 saturated heterocycles. The monoisotopic (exact) mass is 253 g/mol. The lowest BCUT2D eigenvalue weighted by atomic mass is 9.88. The number of esters is 1. The standard InChI is InChI=1S/C14H23NO3/c1-10(14(17)18-2)15(12-8-9-12)13(16)11-6-4-3-5-7-11/h10-12H,3-9H2,1-2H3. The molecule has 0 heterocycles. The zero-order valence-corrected chi connectivity index (χ0v) is 11.4. The maximum Gasteiger partial charge on any atom is 0.328 e. The summed E-state index contributed by atoms with van der Waals surface area (Å²) in [7, 11) is 1.38. The Labute approximate surface area is 109 Å². The third-order valence-corrected chi connectivity index (χ3v) is 4.11. The predicted molar refractivity (Wildman–Crippen MR) is 67.9 cm³/mol. The van der Waals surface area contributed by atoms with Gasteiger partial charge >= 0.3 is 5.97 Å². The first-order chi connectivity index (χ1) is 8.65. The van der Waals surface area contributed by atoms with Crippen LogP contribution in [0, 0.1) is 5.92 Å². The molecule has 2 saturated carbocycles. The lowest BCUT2D eigenvalue weighted by Gasteiger charge is -2.32. The molecule has 2 rings (SSSR count). The highest BCUT2D eigenvalue weighted by atomic mass is 16.5. The number of ether oxygens (including phenoxy) is 1. The maximum absolute atomic E-state index is 12.6. The van der Waals surface area contributed by atoms with Crippen LogP contribution in [0.1, 0.15) is 51.9 Å². The van der Waals surface area contributed by atoms with Crippen molar-refractivity contribution in [2.45, 2.75) is 64.0 Å². The van der Waals surface area contributed by atoms with E-state index >= 15 is 0 Å². The Bertz CT molecular complexity index is 319. The van der Waals surface area contributed by atoms with Crippen molar-refractivity contribution in [1.29, 1.82) is 0 Å². The molecule has 18 heavy (non-hydrogen) atoms. The minimum Gasteiger partial charge on any atom is -0.467 e. The van der Waals surface area contributed by atoms with Crippen molar-refractivity contribution in [1.82, 2.24) is 4.90 Å². The minimum atomic E-state index is -0.433. The molecule has 0 aromatic carbocycles. The summed E-state index contributed by atoms with van der Waals surface area (Å²) in [6.07, 6.45) is 7.54. The van der Waals surface area contributed by atoms with Crippen LogP contribution in [0.3, 0.4) is 0 Å². The smallest absolute Gasteiger partial charge is 0.328 e. The van der Waals surface area contributed by atoms with E-state index in [0.717, 1.165) is 38.5 Å². The number of nitrogens with zero attached hydrogens (tertiary/aromatic N) is 1. The summed E-state index contributed by atoms with van der Waals surface area (Å²) in [5, 5.41) is 0. The Morgan fingerprint density at radius 2 is 1.72 bits per heavy atom. The third-order valence-electron chi connectivity index (χ3n) is 4.11. The highest BCUT2D eigenvalue weighted by Crippen LogP contribution is 2.33. The molecule has 4 nitrogen and oxygen atoms in total. The molecular weight excluding hydrogens is 230 g/mol. The molecule has 1 amide bonds. The second-order valence-electron chi connectivity index (χ2n) is 5.51. The number of amides is 1. The molecule has 2 aliphatic carbocycles. The minimum absolute atomic E-state index is 0.131. The molecule has 0 aromatic heterocycles. The number of hydrogen-bond acceptors (Lipinski definition) is 3. The normalized spacial score (nSPS) is 22.3. The Morgan fingerprint density at radius 3 is 2.22 bits per heavy atom. The van der Waals surface area contributed by atoms with Gasteiger partial charge in [0.15, 0.2) is 0 Å². The maximum atomic E-state index is 12.6. The number of rotatable bonds is 4. The highest BCUT2D eigenvalue weighted by Gasteiger charge is 2.41. The van der Waals surface area contributed by atoms with Crippen LogP contribution in [-0.2, 0) is 14.3 Å². The fraction of sp³-hybridized carbons (Fsp3) is 0.857. The summed E-state index contributed by atoms with van der Waals surface area (Å²) >= 11 is 0. The topological polar surface area (TPSA) is 46.6 Å². The Balaban J connectivity index is 2.04. The van der Waals surface area contributed by atoms with Crippen LogP contribution < -0.4 is 0 Å². The van der Waals surface area contributed by atoms with Gasteiger partial charge in [0.25, 0.3) is 0 Å². The lowest BCUT2D eigenvalue weighted by molar-refractivity contribution is -0.154. The molecule has 4 heteroatoms. The Hall–Kier alpha value is -1.06. The van der Waals surface area contributed by atoms with Crippen molar-refractivity contribution < 1.29 is 14.3 Å². The van der Waals surface area contributed by atoms with E-state index in [-0.39, 0.29) is 23.8 Å². The van der Waals surface area contributed by atoms with Gasteiger partial charge in [0.05, 0.1) is 7.11 Å². The number of hydrogen-bond donors (Lipinski definition) is 0. The van der Waals surface area contributed by atoms with Gasteiger partial charge in [-0.2, -0.15) is 0 Å². The highest BCUT2D eigenvalue weighted by molar-refractivity contribution is 5.86. The molecule has 0 radical (unpaired) electrons. The van der Waals surface area contributed by atoms with Gasteiger partial charge in [0.1, 0.15) is 6.04 Å². The SMILES string of the molecule is COC(=O)C(C)N(C(=O)C1CCCCC1)C1CC1. The van der Waals surface area contributed by atoms with E-state index in [1.807, 2.05) is 0 Å². The van der Waals surface area contributed by atoms with Crippen molar-refractivity contribution in [3.63, 3.8) is 0 Å². The van der Waals surface area contributed by atoms with Gasteiger partial charge in [0.2, 0.25) is 5.91 Å². The van der Waals surface area contributed by atoms with Crippen molar-refractivity contribution >= 4 is 11.9 Å². The number of carbonyl (C=O) groups is 2. The molecule has 2 fully saturated rings. The molecule has 1 unspecified atom stereocenters. The van der Waals surface area contributed by atoms with Gasteiger partial charge < -0.3 is 9.64 Å². The van der Waals surface area contributed by atoms with Gasteiger partial charge in [-0.3, -0.25) is 4.79 Å².